The topological polar surface area (TPSA) is 45.3 Å². The Morgan fingerprint density at radius 1 is 1.08 bits per heavy atom. The predicted octanol–water partition coefficient (Wildman–Crippen LogP) is 1.82. The smallest absolute Gasteiger partial charge is 0.236 e. The Morgan fingerprint density at radius 2 is 1.68 bits per heavy atom. The summed E-state index contributed by atoms with van der Waals surface area (Å²) >= 11 is 3.67. The van der Waals surface area contributed by atoms with Gasteiger partial charge in [-0.25, -0.2) is 0 Å². The molecule has 1 aromatic rings. The molecule has 2 aliphatic heterocycles. The highest BCUT2D eigenvalue weighted by atomic mass is 79.9. The van der Waals surface area contributed by atoms with Crippen molar-refractivity contribution >= 4 is 21.8 Å². The summed E-state index contributed by atoms with van der Waals surface area (Å²) in [4.78, 5) is 18.1. The van der Waals surface area contributed by atoms with E-state index in [9.17, 15) is 4.79 Å². The molecule has 0 unspecified atom stereocenters. The monoisotopic (exact) mass is 411 g/mol. The average Bonchev–Trinajstić information content (AvgIpc) is 2.81. The molecular weight excluding hydrogens is 386 g/mol. The first-order chi connectivity index (χ1) is 12.0. The van der Waals surface area contributed by atoms with Gasteiger partial charge in [-0.3, -0.25) is 14.6 Å². The molecule has 0 spiro atoms. The van der Waals surface area contributed by atoms with Gasteiger partial charge in [0.05, 0.1) is 19.8 Å². The lowest BCUT2D eigenvalue weighted by molar-refractivity contribution is -0.130. The van der Waals surface area contributed by atoms with Crippen molar-refractivity contribution in [2.75, 3.05) is 60.0 Å². The molecule has 7 heteroatoms. The first-order valence-electron chi connectivity index (χ1n) is 8.76. The fourth-order valence-electron chi connectivity index (χ4n) is 3.03. The minimum Gasteiger partial charge on any atom is -0.490 e. The zero-order chi connectivity index (χ0) is 17.8. The molecule has 25 heavy (non-hydrogen) atoms. The van der Waals surface area contributed by atoms with Gasteiger partial charge >= 0.3 is 0 Å². The molecule has 6 nitrogen and oxygen atoms in total. The number of ether oxygens (including phenoxy) is 2. The highest BCUT2D eigenvalue weighted by molar-refractivity contribution is 9.10. The first kappa shape index (κ1) is 18.5. The molecule has 0 atom stereocenters. The van der Waals surface area contributed by atoms with Gasteiger partial charge in [0.1, 0.15) is 0 Å². The molecule has 138 valence electrons. The van der Waals surface area contributed by atoms with E-state index in [1.165, 1.54) is 5.56 Å². The van der Waals surface area contributed by atoms with Gasteiger partial charge in [-0.2, -0.15) is 0 Å². The van der Waals surface area contributed by atoms with E-state index in [1.54, 1.807) is 19.0 Å². The third kappa shape index (κ3) is 4.86. The van der Waals surface area contributed by atoms with Gasteiger partial charge in [0.15, 0.2) is 11.5 Å². The van der Waals surface area contributed by atoms with Crippen molar-refractivity contribution in [2.45, 2.75) is 13.0 Å². The maximum atomic E-state index is 11.8. The summed E-state index contributed by atoms with van der Waals surface area (Å²) < 4.78 is 12.6. The van der Waals surface area contributed by atoms with E-state index in [0.717, 1.165) is 55.1 Å². The van der Waals surface area contributed by atoms with Crippen molar-refractivity contribution in [1.29, 1.82) is 0 Å². The second-order valence-electron chi connectivity index (χ2n) is 6.78. The molecule has 1 aromatic carbocycles. The SMILES string of the molecule is CN(C)C(=O)CN1CCN(Cc2cc3c(cc2Br)OCCCO3)CC1. The number of nitrogens with zero attached hydrogens (tertiary/aromatic N) is 3. The van der Waals surface area contributed by atoms with Crippen LogP contribution in [0.25, 0.3) is 0 Å². The lowest BCUT2D eigenvalue weighted by atomic mass is 10.1. The molecule has 1 amide bonds. The lowest BCUT2D eigenvalue weighted by Gasteiger charge is -2.35. The van der Waals surface area contributed by atoms with Crippen LogP contribution in [-0.4, -0.2) is 80.6 Å². The Balaban J connectivity index is 1.57. The standard InChI is InChI=1S/C18H26BrN3O3/c1-20(2)18(23)13-22-6-4-21(5-7-22)12-14-10-16-17(11-15(14)19)25-9-3-8-24-16/h10-11H,3-9,12-13H2,1-2H3. The molecule has 1 fully saturated rings. The molecule has 0 saturated carbocycles. The van der Waals surface area contributed by atoms with Gasteiger partial charge in [-0.05, 0) is 17.7 Å². The van der Waals surface area contributed by atoms with Crippen LogP contribution in [0.15, 0.2) is 16.6 Å². The van der Waals surface area contributed by atoms with Crippen molar-refractivity contribution in [1.82, 2.24) is 14.7 Å². The number of carbonyl (C=O) groups is 1. The summed E-state index contributed by atoms with van der Waals surface area (Å²) in [6, 6.07) is 4.11. The maximum Gasteiger partial charge on any atom is 0.236 e. The van der Waals surface area contributed by atoms with E-state index in [4.69, 9.17) is 9.47 Å². The molecule has 0 N–H and O–H groups in total. The number of rotatable bonds is 4. The summed E-state index contributed by atoms with van der Waals surface area (Å²) in [7, 11) is 3.61. The quantitative estimate of drug-likeness (QED) is 0.755. The van der Waals surface area contributed by atoms with Crippen LogP contribution < -0.4 is 9.47 Å². The van der Waals surface area contributed by atoms with E-state index < -0.39 is 0 Å². The van der Waals surface area contributed by atoms with Crippen LogP contribution in [0.5, 0.6) is 11.5 Å². The van der Waals surface area contributed by atoms with Crippen LogP contribution in [0.4, 0.5) is 0 Å². The molecule has 0 aliphatic carbocycles. The van der Waals surface area contributed by atoms with Gasteiger partial charge in [-0.1, -0.05) is 15.9 Å². The number of halogens is 1. The molecule has 0 bridgehead atoms. The van der Waals surface area contributed by atoms with E-state index in [1.807, 2.05) is 6.07 Å². The van der Waals surface area contributed by atoms with E-state index in [-0.39, 0.29) is 5.91 Å². The van der Waals surface area contributed by atoms with Crippen molar-refractivity contribution in [2.24, 2.45) is 0 Å². The first-order valence-corrected chi connectivity index (χ1v) is 9.55. The lowest BCUT2D eigenvalue weighted by Crippen LogP contribution is -2.48. The summed E-state index contributed by atoms with van der Waals surface area (Å²) in [5, 5.41) is 0. The molecule has 0 radical (unpaired) electrons. The Hall–Kier alpha value is -1.31. The van der Waals surface area contributed by atoms with Gasteiger partial charge in [-0.15, -0.1) is 0 Å². The van der Waals surface area contributed by atoms with Crippen LogP contribution in [0.2, 0.25) is 0 Å². The Morgan fingerprint density at radius 3 is 2.32 bits per heavy atom. The zero-order valence-corrected chi connectivity index (χ0v) is 16.5. The predicted molar refractivity (Wildman–Crippen MR) is 100 cm³/mol. The highest BCUT2D eigenvalue weighted by Crippen LogP contribution is 2.35. The maximum absolute atomic E-state index is 11.8. The highest BCUT2D eigenvalue weighted by Gasteiger charge is 2.21. The van der Waals surface area contributed by atoms with E-state index in [2.05, 4.69) is 31.8 Å². The number of hydrogen-bond acceptors (Lipinski definition) is 5. The second kappa shape index (κ2) is 8.38. The molecule has 3 rings (SSSR count). The molecule has 2 heterocycles. The minimum atomic E-state index is 0.166. The molecule has 0 aromatic heterocycles. The number of likely N-dealkylation sites (N-methyl/N-ethyl adjacent to an activating group) is 1. The van der Waals surface area contributed by atoms with Crippen LogP contribution in [-0.2, 0) is 11.3 Å². The third-order valence-electron chi connectivity index (χ3n) is 4.63. The number of fused-ring (bicyclic) bond motifs is 1. The largest absolute Gasteiger partial charge is 0.490 e. The number of carbonyl (C=O) groups excluding carboxylic acids is 1. The molecular formula is C18H26BrN3O3. The normalized spacial score (nSPS) is 18.7. The van der Waals surface area contributed by atoms with Gasteiger partial charge < -0.3 is 14.4 Å². The van der Waals surface area contributed by atoms with Crippen molar-refractivity contribution < 1.29 is 14.3 Å². The van der Waals surface area contributed by atoms with Gasteiger partial charge in [0.2, 0.25) is 5.91 Å². The summed E-state index contributed by atoms with van der Waals surface area (Å²) in [5.41, 5.74) is 1.21. The molecule has 1 saturated heterocycles. The Kier molecular flexibility index (Phi) is 6.19. The van der Waals surface area contributed by atoms with Crippen LogP contribution in [0.3, 0.4) is 0 Å². The summed E-state index contributed by atoms with van der Waals surface area (Å²) in [6.45, 7) is 6.53. The Labute approximate surface area is 157 Å². The van der Waals surface area contributed by atoms with E-state index >= 15 is 0 Å². The van der Waals surface area contributed by atoms with Crippen molar-refractivity contribution in [3.05, 3.63) is 22.2 Å². The van der Waals surface area contributed by atoms with Crippen LogP contribution in [0, 0.1) is 0 Å². The second-order valence-corrected chi connectivity index (χ2v) is 7.64. The number of hydrogen-bond donors (Lipinski definition) is 0. The third-order valence-corrected chi connectivity index (χ3v) is 5.37. The van der Waals surface area contributed by atoms with Gasteiger partial charge in [0, 0.05) is 57.7 Å². The van der Waals surface area contributed by atoms with Gasteiger partial charge in [0.25, 0.3) is 0 Å². The number of piperazine rings is 1. The zero-order valence-electron chi connectivity index (χ0n) is 15.0. The fraction of sp³-hybridized carbons (Fsp3) is 0.611. The average molecular weight is 412 g/mol. The minimum absolute atomic E-state index is 0.166. The van der Waals surface area contributed by atoms with Crippen molar-refractivity contribution in [3.8, 4) is 11.5 Å². The summed E-state index contributed by atoms with van der Waals surface area (Å²) in [5.74, 6) is 1.82. The van der Waals surface area contributed by atoms with Crippen LogP contribution >= 0.6 is 15.9 Å². The fourth-order valence-corrected chi connectivity index (χ4v) is 3.47. The van der Waals surface area contributed by atoms with Crippen molar-refractivity contribution in [3.63, 3.8) is 0 Å². The summed E-state index contributed by atoms with van der Waals surface area (Å²) in [6.07, 6.45) is 0.912. The number of benzene rings is 1. The molecule has 2 aliphatic rings. The Bertz CT molecular complexity index is 616. The van der Waals surface area contributed by atoms with Crippen LogP contribution in [0.1, 0.15) is 12.0 Å². The number of amides is 1. The van der Waals surface area contributed by atoms with E-state index in [0.29, 0.717) is 19.8 Å².